The van der Waals surface area contributed by atoms with Gasteiger partial charge in [-0.25, -0.2) is 0 Å². The minimum atomic E-state index is -0.134. The smallest absolute Gasteiger partial charge is 0.279 e. The van der Waals surface area contributed by atoms with Crippen LogP contribution in [0.5, 0.6) is 0 Å². The highest BCUT2D eigenvalue weighted by Crippen LogP contribution is 2.27. The van der Waals surface area contributed by atoms with Crippen LogP contribution in [0.25, 0.3) is 10.9 Å². The number of anilines is 1. The fourth-order valence-electron chi connectivity index (χ4n) is 3.24. The van der Waals surface area contributed by atoms with Crippen molar-refractivity contribution in [3.8, 4) is 0 Å². The maximum absolute atomic E-state index is 12.4. The lowest BCUT2D eigenvalue weighted by molar-refractivity contribution is -0.111. The standard InChI is InChI=1S/C20H18N4O/c1-3-13-7-6-9-15-14(11-21-18(13)15)12-22-23-19-16-8-4-5-10-17(16)24(2)20(19)25/h4-12,21H,3H2,1-2H3/b22-12+,23-19+. The van der Waals surface area contributed by atoms with E-state index in [9.17, 15) is 4.79 Å². The van der Waals surface area contributed by atoms with Gasteiger partial charge in [0.05, 0.1) is 11.9 Å². The van der Waals surface area contributed by atoms with E-state index in [-0.39, 0.29) is 5.91 Å². The first-order valence-electron chi connectivity index (χ1n) is 8.28. The Labute approximate surface area is 145 Å². The molecule has 0 fully saturated rings. The summed E-state index contributed by atoms with van der Waals surface area (Å²) in [6.07, 6.45) is 4.58. The predicted molar refractivity (Wildman–Crippen MR) is 102 cm³/mol. The van der Waals surface area contributed by atoms with Crippen LogP contribution >= 0.6 is 0 Å². The summed E-state index contributed by atoms with van der Waals surface area (Å²) in [4.78, 5) is 17.3. The highest BCUT2D eigenvalue weighted by Gasteiger charge is 2.30. The molecule has 1 aliphatic heterocycles. The molecule has 0 atom stereocenters. The molecule has 0 unspecified atom stereocenters. The third-order valence-electron chi connectivity index (χ3n) is 4.60. The van der Waals surface area contributed by atoms with Crippen molar-refractivity contribution in [1.29, 1.82) is 0 Å². The van der Waals surface area contributed by atoms with Crippen LogP contribution in [0.3, 0.4) is 0 Å². The zero-order valence-electron chi connectivity index (χ0n) is 14.2. The van der Waals surface area contributed by atoms with Gasteiger partial charge in [0, 0.05) is 35.3 Å². The Morgan fingerprint density at radius 1 is 1.16 bits per heavy atom. The zero-order valence-corrected chi connectivity index (χ0v) is 14.2. The third-order valence-corrected chi connectivity index (χ3v) is 4.60. The van der Waals surface area contributed by atoms with Gasteiger partial charge in [-0.15, -0.1) is 5.10 Å². The Hall–Kier alpha value is -3.21. The Kier molecular flexibility index (Phi) is 3.69. The number of aromatic nitrogens is 1. The molecule has 5 heteroatoms. The van der Waals surface area contributed by atoms with Crippen LogP contribution in [-0.2, 0) is 11.2 Å². The molecule has 0 bridgehead atoms. The number of aryl methyl sites for hydroxylation is 1. The van der Waals surface area contributed by atoms with E-state index < -0.39 is 0 Å². The molecule has 1 amide bonds. The number of aromatic amines is 1. The van der Waals surface area contributed by atoms with Gasteiger partial charge in [-0.2, -0.15) is 5.10 Å². The molecule has 4 rings (SSSR count). The Bertz CT molecular complexity index is 1030. The molecule has 0 saturated heterocycles. The van der Waals surface area contributed by atoms with Crippen LogP contribution in [0, 0.1) is 0 Å². The van der Waals surface area contributed by atoms with Gasteiger partial charge in [0.2, 0.25) is 0 Å². The molecule has 0 aliphatic carbocycles. The first-order chi connectivity index (χ1) is 12.2. The molecule has 5 nitrogen and oxygen atoms in total. The summed E-state index contributed by atoms with van der Waals surface area (Å²) in [5.41, 5.74) is 5.41. The topological polar surface area (TPSA) is 60.8 Å². The molecular formula is C20H18N4O. The number of likely N-dealkylation sites (N-methyl/N-ethyl adjacent to an activating group) is 1. The minimum absolute atomic E-state index is 0.134. The number of fused-ring (bicyclic) bond motifs is 2. The van der Waals surface area contributed by atoms with E-state index in [0.717, 1.165) is 34.1 Å². The van der Waals surface area contributed by atoms with Gasteiger partial charge >= 0.3 is 0 Å². The molecule has 1 N–H and O–H groups in total. The predicted octanol–water partition coefficient (Wildman–Crippen LogP) is 3.53. The first-order valence-corrected chi connectivity index (χ1v) is 8.28. The highest BCUT2D eigenvalue weighted by molar-refractivity contribution is 6.54. The summed E-state index contributed by atoms with van der Waals surface area (Å²) >= 11 is 0. The number of rotatable bonds is 3. The molecule has 25 heavy (non-hydrogen) atoms. The SMILES string of the molecule is CCc1cccc2c(/C=N/N=C3/C(=O)N(C)c4ccccc43)c[nH]c12. The summed E-state index contributed by atoms with van der Waals surface area (Å²) in [5, 5.41) is 9.49. The number of carbonyl (C=O) groups excluding carboxylic acids is 1. The van der Waals surface area contributed by atoms with Gasteiger partial charge in [-0.3, -0.25) is 4.79 Å². The van der Waals surface area contributed by atoms with Crippen LogP contribution in [0.15, 0.2) is 58.9 Å². The zero-order chi connectivity index (χ0) is 17.4. The molecule has 0 saturated carbocycles. The van der Waals surface area contributed by atoms with Crippen molar-refractivity contribution in [2.24, 2.45) is 10.2 Å². The number of nitrogens with zero attached hydrogens (tertiary/aromatic N) is 3. The van der Waals surface area contributed by atoms with Crippen molar-refractivity contribution in [3.63, 3.8) is 0 Å². The molecular weight excluding hydrogens is 312 g/mol. The number of carbonyl (C=O) groups is 1. The highest BCUT2D eigenvalue weighted by atomic mass is 16.2. The monoisotopic (exact) mass is 330 g/mol. The maximum atomic E-state index is 12.4. The van der Waals surface area contributed by atoms with Gasteiger partial charge < -0.3 is 9.88 Å². The number of para-hydroxylation sites is 2. The summed E-state index contributed by atoms with van der Waals surface area (Å²) in [6.45, 7) is 2.13. The van der Waals surface area contributed by atoms with Crippen molar-refractivity contribution in [3.05, 3.63) is 65.4 Å². The van der Waals surface area contributed by atoms with Crippen LogP contribution in [0.4, 0.5) is 5.69 Å². The molecule has 1 aliphatic rings. The number of nitrogens with one attached hydrogen (secondary N) is 1. The van der Waals surface area contributed by atoms with Crippen molar-refractivity contribution >= 4 is 34.4 Å². The van der Waals surface area contributed by atoms with E-state index in [1.54, 1.807) is 18.2 Å². The molecule has 3 aromatic rings. The lowest BCUT2D eigenvalue weighted by atomic mass is 10.1. The number of hydrogen-bond donors (Lipinski definition) is 1. The number of amides is 1. The molecule has 0 spiro atoms. The Balaban J connectivity index is 1.70. The second-order valence-electron chi connectivity index (χ2n) is 6.01. The molecule has 2 heterocycles. The Morgan fingerprint density at radius 2 is 2.00 bits per heavy atom. The van der Waals surface area contributed by atoms with Crippen molar-refractivity contribution in [2.75, 3.05) is 11.9 Å². The summed E-state index contributed by atoms with van der Waals surface area (Å²) in [7, 11) is 1.75. The lowest BCUT2D eigenvalue weighted by Gasteiger charge is -2.07. The van der Waals surface area contributed by atoms with Gasteiger partial charge in [-0.1, -0.05) is 43.3 Å². The van der Waals surface area contributed by atoms with Gasteiger partial charge in [-0.05, 0) is 18.1 Å². The van der Waals surface area contributed by atoms with Crippen LogP contribution < -0.4 is 4.90 Å². The maximum Gasteiger partial charge on any atom is 0.279 e. The average Bonchev–Trinajstić information content (AvgIpc) is 3.17. The quantitative estimate of drug-likeness (QED) is 0.579. The molecule has 124 valence electrons. The Morgan fingerprint density at radius 3 is 2.84 bits per heavy atom. The van der Waals surface area contributed by atoms with Crippen molar-refractivity contribution < 1.29 is 4.79 Å². The number of benzene rings is 2. The normalized spacial score (nSPS) is 15.7. The summed E-state index contributed by atoms with van der Waals surface area (Å²) < 4.78 is 0. The second-order valence-corrected chi connectivity index (χ2v) is 6.01. The van der Waals surface area contributed by atoms with E-state index in [4.69, 9.17) is 0 Å². The second kappa shape index (κ2) is 6.02. The van der Waals surface area contributed by atoms with Gasteiger partial charge in [0.1, 0.15) is 0 Å². The van der Waals surface area contributed by atoms with E-state index in [0.29, 0.717) is 5.71 Å². The largest absolute Gasteiger partial charge is 0.360 e. The number of hydrogen-bond acceptors (Lipinski definition) is 3. The van der Waals surface area contributed by atoms with E-state index in [1.807, 2.05) is 36.5 Å². The number of H-pyrrole nitrogens is 1. The fraction of sp³-hybridized carbons (Fsp3) is 0.150. The van der Waals surface area contributed by atoms with Gasteiger partial charge in [0.25, 0.3) is 5.91 Å². The molecule has 1 aromatic heterocycles. The van der Waals surface area contributed by atoms with E-state index in [2.05, 4.69) is 34.2 Å². The molecule has 2 aromatic carbocycles. The van der Waals surface area contributed by atoms with Crippen LogP contribution in [0.1, 0.15) is 23.6 Å². The minimum Gasteiger partial charge on any atom is -0.360 e. The average molecular weight is 330 g/mol. The summed E-state index contributed by atoms with van der Waals surface area (Å²) in [5.74, 6) is -0.134. The van der Waals surface area contributed by atoms with E-state index >= 15 is 0 Å². The summed E-state index contributed by atoms with van der Waals surface area (Å²) in [6, 6.07) is 13.8. The van der Waals surface area contributed by atoms with E-state index in [1.165, 1.54) is 5.56 Å². The van der Waals surface area contributed by atoms with Crippen LogP contribution in [-0.4, -0.2) is 29.9 Å². The van der Waals surface area contributed by atoms with Crippen LogP contribution in [0.2, 0.25) is 0 Å². The first kappa shape index (κ1) is 15.3. The van der Waals surface area contributed by atoms with Gasteiger partial charge in [0.15, 0.2) is 5.71 Å². The van der Waals surface area contributed by atoms with Crippen molar-refractivity contribution in [1.82, 2.24) is 4.98 Å². The molecule has 0 radical (unpaired) electrons. The lowest BCUT2D eigenvalue weighted by Crippen LogP contribution is -2.25. The third kappa shape index (κ3) is 2.45. The fourth-order valence-corrected chi connectivity index (χ4v) is 3.24. The van der Waals surface area contributed by atoms with Crippen molar-refractivity contribution in [2.45, 2.75) is 13.3 Å².